The average Bonchev–Trinajstić information content (AvgIpc) is 2.48. The molecule has 1 atom stereocenters. The van der Waals surface area contributed by atoms with Gasteiger partial charge in [-0.05, 0) is 12.5 Å². The van der Waals surface area contributed by atoms with Gasteiger partial charge in [0.15, 0.2) is 0 Å². The summed E-state index contributed by atoms with van der Waals surface area (Å²) in [5.41, 5.74) is 0.869. The maximum Gasteiger partial charge on any atom is 0.318 e. The van der Waals surface area contributed by atoms with E-state index >= 15 is 0 Å². The van der Waals surface area contributed by atoms with Crippen molar-refractivity contribution >= 4 is 11.9 Å². The van der Waals surface area contributed by atoms with Crippen LogP contribution in [0.25, 0.3) is 0 Å². The number of piperazine rings is 1. The summed E-state index contributed by atoms with van der Waals surface area (Å²) in [6, 6.07) is 2.87. The van der Waals surface area contributed by atoms with E-state index in [9.17, 15) is 9.59 Å². The third-order valence-electron chi connectivity index (χ3n) is 3.21. The lowest BCUT2D eigenvalue weighted by Gasteiger charge is -2.32. The van der Waals surface area contributed by atoms with Gasteiger partial charge in [-0.3, -0.25) is 4.79 Å². The molecule has 2 rings (SSSR count). The van der Waals surface area contributed by atoms with Crippen LogP contribution in [0.15, 0.2) is 18.3 Å². The molecule has 1 aliphatic rings. The van der Waals surface area contributed by atoms with Crippen molar-refractivity contribution in [3.05, 3.63) is 23.9 Å². The predicted molar refractivity (Wildman–Crippen MR) is 72.2 cm³/mol. The molecular weight excluding hydrogens is 260 g/mol. The molecule has 1 unspecified atom stereocenters. The predicted octanol–water partition coefficient (Wildman–Crippen LogP) is 0.120. The molecule has 0 spiro atoms. The number of amides is 3. The van der Waals surface area contributed by atoms with Gasteiger partial charge in [0.05, 0.1) is 7.11 Å². The molecule has 7 nitrogen and oxygen atoms in total. The minimum Gasteiger partial charge on any atom is -0.481 e. The third kappa shape index (κ3) is 3.17. The van der Waals surface area contributed by atoms with Crippen molar-refractivity contribution in [2.75, 3.05) is 20.2 Å². The van der Waals surface area contributed by atoms with Crippen molar-refractivity contribution in [3.8, 4) is 5.88 Å². The fourth-order valence-corrected chi connectivity index (χ4v) is 1.98. The zero-order valence-electron chi connectivity index (χ0n) is 11.5. The van der Waals surface area contributed by atoms with E-state index in [1.165, 1.54) is 4.90 Å². The number of carbonyl (C=O) groups is 2. The molecule has 1 aromatic rings. The van der Waals surface area contributed by atoms with Crippen LogP contribution >= 0.6 is 0 Å². The van der Waals surface area contributed by atoms with Crippen LogP contribution in [0.3, 0.4) is 0 Å². The monoisotopic (exact) mass is 278 g/mol. The van der Waals surface area contributed by atoms with Gasteiger partial charge < -0.3 is 20.3 Å². The first-order valence-corrected chi connectivity index (χ1v) is 6.43. The van der Waals surface area contributed by atoms with Crippen molar-refractivity contribution in [1.82, 2.24) is 20.5 Å². The van der Waals surface area contributed by atoms with Gasteiger partial charge >= 0.3 is 6.03 Å². The number of hydrogen-bond acceptors (Lipinski definition) is 4. The second kappa shape index (κ2) is 6.23. The smallest absolute Gasteiger partial charge is 0.318 e. The first-order chi connectivity index (χ1) is 9.61. The molecule has 2 heterocycles. The van der Waals surface area contributed by atoms with Crippen LogP contribution in [0.4, 0.5) is 4.79 Å². The fraction of sp³-hybridized carbons (Fsp3) is 0.462. The Morgan fingerprint density at radius 3 is 3.05 bits per heavy atom. The molecule has 3 amide bonds. The topological polar surface area (TPSA) is 83.6 Å². The van der Waals surface area contributed by atoms with Gasteiger partial charge in [-0.2, -0.15) is 0 Å². The Bertz CT molecular complexity index is 489. The number of pyridine rings is 1. The molecule has 20 heavy (non-hydrogen) atoms. The van der Waals surface area contributed by atoms with Crippen LogP contribution in [0, 0.1) is 0 Å². The highest BCUT2D eigenvalue weighted by Gasteiger charge is 2.28. The highest BCUT2D eigenvalue weighted by molar-refractivity contribution is 5.87. The Hall–Kier alpha value is -2.31. The summed E-state index contributed by atoms with van der Waals surface area (Å²) in [7, 11) is 1.55. The summed E-state index contributed by atoms with van der Waals surface area (Å²) < 4.78 is 4.96. The third-order valence-corrected chi connectivity index (χ3v) is 3.21. The largest absolute Gasteiger partial charge is 0.481 e. The molecule has 1 aliphatic heterocycles. The number of methoxy groups -OCH3 is 1. The first kappa shape index (κ1) is 14.1. The van der Waals surface area contributed by atoms with E-state index in [4.69, 9.17) is 4.74 Å². The summed E-state index contributed by atoms with van der Waals surface area (Å²) >= 11 is 0. The number of urea groups is 1. The molecule has 2 N–H and O–H groups in total. The van der Waals surface area contributed by atoms with Crippen molar-refractivity contribution in [3.63, 3.8) is 0 Å². The molecule has 108 valence electrons. The van der Waals surface area contributed by atoms with E-state index in [0.717, 1.165) is 5.56 Å². The Morgan fingerprint density at radius 2 is 2.40 bits per heavy atom. The number of carbonyl (C=O) groups excluding carboxylic acids is 2. The van der Waals surface area contributed by atoms with Crippen molar-refractivity contribution < 1.29 is 14.3 Å². The maximum absolute atomic E-state index is 12.0. The number of ether oxygens (including phenoxy) is 1. The van der Waals surface area contributed by atoms with Crippen LogP contribution in [0.1, 0.15) is 12.5 Å². The molecule has 7 heteroatoms. The standard InChI is InChI=1S/C13H18N4O3/c1-9-12(18)14-5-6-17(9)13(19)16-8-10-3-4-11(20-2)15-7-10/h3-4,7,9H,5-6,8H2,1-2H3,(H,14,18)(H,16,19). The van der Waals surface area contributed by atoms with Gasteiger partial charge in [0.1, 0.15) is 6.04 Å². The summed E-state index contributed by atoms with van der Waals surface area (Å²) in [5, 5.41) is 5.50. The molecule has 0 radical (unpaired) electrons. The van der Waals surface area contributed by atoms with E-state index in [1.807, 2.05) is 6.07 Å². The quantitative estimate of drug-likeness (QED) is 0.822. The summed E-state index contributed by atoms with van der Waals surface area (Å²) in [6.45, 7) is 3.07. The van der Waals surface area contributed by atoms with E-state index in [2.05, 4.69) is 15.6 Å². The minimum absolute atomic E-state index is 0.127. The lowest BCUT2D eigenvalue weighted by Crippen LogP contribution is -2.58. The van der Waals surface area contributed by atoms with Crippen LogP contribution in [0.2, 0.25) is 0 Å². The summed E-state index contributed by atoms with van der Waals surface area (Å²) in [4.78, 5) is 29.1. The zero-order valence-corrected chi connectivity index (χ0v) is 11.5. The van der Waals surface area contributed by atoms with Crippen molar-refractivity contribution in [1.29, 1.82) is 0 Å². The lowest BCUT2D eigenvalue weighted by atomic mass is 10.2. The highest BCUT2D eigenvalue weighted by Crippen LogP contribution is 2.07. The Kier molecular flexibility index (Phi) is 4.39. The first-order valence-electron chi connectivity index (χ1n) is 6.43. The Balaban J connectivity index is 1.89. The molecular formula is C13H18N4O3. The lowest BCUT2D eigenvalue weighted by molar-refractivity contribution is -0.126. The zero-order chi connectivity index (χ0) is 14.5. The summed E-state index contributed by atoms with van der Waals surface area (Å²) in [6.07, 6.45) is 1.64. The average molecular weight is 278 g/mol. The Morgan fingerprint density at radius 1 is 1.60 bits per heavy atom. The molecule has 0 saturated carbocycles. The number of rotatable bonds is 3. The van der Waals surface area contributed by atoms with E-state index < -0.39 is 6.04 Å². The molecule has 1 fully saturated rings. The van der Waals surface area contributed by atoms with Gasteiger partial charge in [0, 0.05) is 31.9 Å². The van der Waals surface area contributed by atoms with Gasteiger partial charge in [0.25, 0.3) is 0 Å². The molecule has 1 saturated heterocycles. The van der Waals surface area contributed by atoms with E-state index in [-0.39, 0.29) is 11.9 Å². The van der Waals surface area contributed by atoms with Crippen molar-refractivity contribution in [2.24, 2.45) is 0 Å². The molecule has 0 aliphatic carbocycles. The number of aromatic nitrogens is 1. The normalized spacial score (nSPS) is 18.4. The maximum atomic E-state index is 12.0. The van der Waals surface area contributed by atoms with Gasteiger partial charge in [-0.15, -0.1) is 0 Å². The van der Waals surface area contributed by atoms with Crippen LogP contribution in [0.5, 0.6) is 5.88 Å². The van der Waals surface area contributed by atoms with Crippen LogP contribution in [-0.2, 0) is 11.3 Å². The van der Waals surface area contributed by atoms with Gasteiger partial charge in [0.2, 0.25) is 11.8 Å². The highest BCUT2D eigenvalue weighted by atomic mass is 16.5. The molecule has 1 aromatic heterocycles. The minimum atomic E-state index is -0.447. The number of hydrogen-bond donors (Lipinski definition) is 2. The van der Waals surface area contributed by atoms with Crippen molar-refractivity contribution in [2.45, 2.75) is 19.5 Å². The molecule has 0 bridgehead atoms. The molecule has 0 aromatic carbocycles. The number of nitrogens with zero attached hydrogens (tertiary/aromatic N) is 2. The van der Waals surface area contributed by atoms with Gasteiger partial charge in [-0.25, -0.2) is 9.78 Å². The van der Waals surface area contributed by atoms with Gasteiger partial charge in [-0.1, -0.05) is 6.07 Å². The summed E-state index contributed by atoms with van der Waals surface area (Å²) in [5.74, 6) is 0.402. The Labute approximate surface area is 117 Å². The fourth-order valence-electron chi connectivity index (χ4n) is 1.98. The second-order valence-corrected chi connectivity index (χ2v) is 4.53. The van der Waals surface area contributed by atoms with E-state index in [0.29, 0.717) is 25.5 Å². The van der Waals surface area contributed by atoms with Crippen LogP contribution in [-0.4, -0.2) is 48.1 Å². The van der Waals surface area contributed by atoms with Crippen LogP contribution < -0.4 is 15.4 Å². The second-order valence-electron chi connectivity index (χ2n) is 4.53. The SMILES string of the molecule is COc1ccc(CNC(=O)N2CCNC(=O)C2C)cn1. The van der Waals surface area contributed by atoms with E-state index in [1.54, 1.807) is 26.3 Å². The number of nitrogens with one attached hydrogen (secondary N) is 2.